The van der Waals surface area contributed by atoms with Crippen LogP contribution in [0.15, 0.2) is 0 Å². The first kappa shape index (κ1) is 17.8. The van der Waals surface area contributed by atoms with E-state index in [2.05, 4.69) is 10.6 Å². The molecular formula is C17H26N2O3S. The number of carbonyl (C=O) groups excluding carboxylic acids is 2. The van der Waals surface area contributed by atoms with Gasteiger partial charge in [-0.15, -0.1) is 11.3 Å². The van der Waals surface area contributed by atoms with Crippen molar-refractivity contribution in [1.29, 1.82) is 0 Å². The van der Waals surface area contributed by atoms with E-state index in [0.717, 1.165) is 31.2 Å². The van der Waals surface area contributed by atoms with Crippen molar-refractivity contribution in [2.45, 2.75) is 71.9 Å². The van der Waals surface area contributed by atoms with Crippen LogP contribution >= 0.6 is 11.3 Å². The zero-order chi connectivity index (χ0) is 17.2. The first-order chi connectivity index (χ1) is 10.7. The highest BCUT2D eigenvalue weighted by Crippen LogP contribution is 2.39. The summed E-state index contributed by atoms with van der Waals surface area (Å²) in [5, 5.41) is 6.23. The van der Waals surface area contributed by atoms with Crippen LogP contribution < -0.4 is 10.6 Å². The highest BCUT2D eigenvalue weighted by molar-refractivity contribution is 7.17. The van der Waals surface area contributed by atoms with Crippen LogP contribution in [0.3, 0.4) is 0 Å². The average molecular weight is 338 g/mol. The number of esters is 1. The Bertz CT molecular complexity index is 600. The lowest BCUT2D eigenvalue weighted by atomic mass is 9.95. The number of anilines is 1. The van der Waals surface area contributed by atoms with Crippen molar-refractivity contribution in [3.8, 4) is 0 Å². The molecule has 2 rings (SSSR count). The summed E-state index contributed by atoms with van der Waals surface area (Å²) < 4.78 is 5.55. The standard InChI is InChI=1S/C17H26N2O3S/c1-10(2)18-16(21)19-14-13(15(20)22-17(3,4)5)11-8-6-7-9-12(11)23-14/h10H,6-9H2,1-5H3,(H2,18,19,21). The van der Waals surface area contributed by atoms with Crippen LogP contribution in [0.5, 0.6) is 0 Å². The van der Waals surface area contributed by atoms with E-state index in [1.165, 1.54) is 16.2 Å². The molecule has 5 nitrogen and oxygen atoms in total. The molecule has 2 amide bonds. The molecule has 0 aromatic carbocycles. The van der Waals surface area contributed by atoms with Crippen molar-refractivity contribution in [3.05, 3.63) is 16.0 Å². The molecule has 6 heteroatoms. The highest BCUT2D eigenvalue weighted by Gasteiger charge is 2.29. The number of carbonyl (C=O) groups is 2. The third-order valence-corrected chi connectivity index (χ3v) is 4.63. The van der Waals surface area contributed by atoms with Crippen LogP contribution in [-0.4, -0.2) is 23.6 Å². The van der Waals surface area contributed by atoms with Gasteiger partial charge in [0.2, 0.25) is 0 Å². The maximum absolute atomic E-state index is 12.6. The van der Waals surface area contributed by atoms with Gasteiger partial charge in [0.25, 0.3) is 0 Å². The van der Waals surface area contributed by atoms with Gasteiger partial charge in [-0.1, -0.05) is 0 Å². The smallest absolute Gasteiger partial charge is 0.341 e. The fraction of sp³-hybridized carbons (Fsp3) is 0.647. The zero-order valence-corrected chi connectivity index (χ0v) is 15.4. The van der Waals surface area contributed by atoms with E-state index >= 15 is 0 Å². The minimum Gasteiger partial charge on any atom is -0.456 e. The Morgan fingerprint density at radius 3 is 2.43 bits per heavy atom. The number of fused-ring (bicyclic) bond motifs is 1. The summed E-state index contributed by atoms with van der Waals surface area (Å²) >= 11 is 1.50. The van der Waals surface area contributed by atoms with Crippen LogP contribution in [0.2, 0.25) is 0 Å². The number of nitrogens with one attached hydrogen (secondary N) is 2. The lowest BCUT2D eigenvalue weighted by molar-refractivity contribution is 0.00699. The molecule has 0 aliphatic heterocycles. The molecular weight excluding hydrogens is 312 g/mol. The lowest BCUT2D eigenvalue weighted by Gasteiger charge is -2.21. The Kier molecular flexibility index (Phi) is 5.34. The molecule has 1 heterocycles. The van der Waals surface area contributed by atoms with Crippen LogP contribution in [0, 0.1) is 0 Å². The molecule has 0 bridgehead atoms. The molecule has 23 heavy (non-hydrogen) atoms. The molecule has 1 aliphatic rings. The second-order valence-corrected chi connectivity index (χ2v) is 8.28. The van der Waals surface area contributed by atoms with Crippen molar-refractivity contribution in [1.82, 2.24) is 5.32 Å². The van der Waals surface area contributed by atoms with Crippen molar-refractivity contribution in [2.24, 2.45) is 0 Å². The highest BCUT2D eigenvalue weighted by atomic mass is 32.1. The van der Waals surface area contributed by atoms with Crippen molar-refractivity contribution < 1.29 is 14.3 Å². The lowest BCUT2D eigenvalue weighted by Crippen LogP contribution is -2.34. The fourth-order valence-corrected chi connectivity index (χ4v) is 3.87. The number of hydrogen-bond donors (Lipinski definition) is 2. The predicted octanol–water partition coefficient (Wildman–Crippen LogP) is 4.11. The van der Waals surface area contributed by atoms with Gasteiger partial charge in [-0.3, -0.25) is 5.32 Å². The maximum Gasteiger partial charge on any atom is 0.341 e. The van der Waals surface area contributed by atoms with E-state index < -0.39 is 5.60 Å². The number of hydrogen-bond acceptors (Lipinski definition) is 4. The van der Waals surface area contributed by atoms with Gasteiger partial charge in [0.1, 0.15) is 10.6 Å². The molecule has 0 saturated carbocycles. The Balaban J connectivity index is 2.31. The summed E-state index contributed by atoms with van der Waals surface area (Å²) in [5.74, 6) is -0.350. The van der Waals surface area contributed by atoms with Gasteiger partial charge < -0.3 is 10.1 Å². The van der Waals surface area contributed by atoms with Crippen molar-refractivity contribution in [3.63, 3.8) is 0 Å². The molecule has 1 aliphatic carbocycles. The van der Waals surface area contributed by atoms with Gasteiger partial charge in [0.05, 0.1) is 5.56 Å². The van der Waals surface area contributed by atoms with E-state index in [1.54, 1.807) is 0 Å². The predicted molar refractivity (Wildman–Crippen MR) is 93.4 cm³/mol. The Labute approximate surface area is 141 Å². The summed E-state index contributed by atoms with van der Waals surface area (Å²) in [6.07, 6.45) is 4.02. The number of urea groups is 1. The quantitative estimate of drug-likeness (QED) is 0.815. The summed E-state index contributed by atoms with van der Waals surface area (Å²) in [6.45, 7) is 9.34. The average Bonchev–Trinajstić information content (AvgIpc) is 2.72. The van der Waals surface area contributed by atoms with Crippen LogP contribution in [-0.2, 0) is 17.6 Å². The maximum atomic E-state index is 12.6. The summed E-state index contributed by atoms with van der Waals surface area (Å²) in [4.78, 5) is 25.9. The first-order valence-electron chi connectivity index (χ1n) is 8.13. The largest absolute Gasteiger partial charge is 0.456 e. The second-order valence-electron chi connectivity index (χ2n) is 7.17. The summed E-state index contributed by atoms with van der Waals surface area (Å²) in [6, 6.07) is -0.252. The molecule has 0 spiro atoms. The second kappa shape index (κ2) is 6.91. The monoisotopic (exact) mass is 338 g/mol. The van der Waals surface area contributed by atoms with Crippen molar-refractivity contribution >= 4 is 28.3 Å². The van der Waals surface area contributed by atoms with E-state index in [0.29, 0.717) is 10.6 Å². The molecule has 0 saturated heterocycles. The first-order valence-corrected chi connectivity index (χ1v) is 8.94. The minimum absolute atomic E-state index is 0.0366. The van der Waals surface area contributed by atoms with Gasteiger partial charge >= 0.3 is 12.0 Å². The molecule has 0 fully saturated rings. The van der Waals surface area contributed by atoms with Gasteiger partial charge in [-0.2, -0.15) is 0 Å². The Morgan fingerprint density at radius 1 is 1.17 bits per heavy atom. The van der Waals surface area contributed by atoms with E-state index in [9.17, 15) is 9.59 Å². The number of aryl methyl sites for hydroxylation is 1. The van der Waals surface area contributed by atoms with Crippen molar-refractivity contribution in [2.75, 3.05) is 5.32 Å². The SMILES string of the molecule is CC(C)NC(=O)Nc1sc2c(c1C(=O)OC(C)(C)C)CCCC2. The van der Waals surface area contributed by atoms with Crippen LogP contribution in [0.4, 0.5) is 9.80 Å². The molecule has 0 unspecified atom stereocenters. The number of amides is 2. The molecule has 1 aromatic rings. The molecule has 0 radical (unpaired) electrons. The Morgan fingerprint density at radius 2 is 1.83 bits per heavy atom. The molecule has 0 atom stereocenters. The minimum atomic E-state index is -0.558. The number of ether oxygens (including phenoxy) is 1. The number of thiophene rings is 1. The van der Waals surface area contributed by atoms with Crippen LogP contribution in [0.1, 0.15) is 68.3 Å². The summed E-state index contributed by atoms with van der Waals surface area (Å²) in [5.41, 5.74) is 1.03. The third-order valence-electron chi connectivity index (χ3n) is 3.42. The molecule has 128 valence electrons. The van der Waals surface area contributed by atoms with E-state index in [4.69, 9.17) is 4.74 Å². The Hall–Kier alpha value is -1.56. The van der Waals surface area contributed by atoms with Gasteiger partial charge in [0.15, 0.2) is 0 Å². The molecule has 2 N–H and O–H groups in total. The van der Waals surface area contributed by atoms with Gasteiger partial charge in [0, 0.05) is 10.9 Å². The topological polar surface area (TPSA) is 67.4 Å². The van der Waals surface area contributed by atoms with Gasteiger partial charge in [-0.25, -0.2) is 9.59 Å². The third kappa shape index (κ3) is 4.70. The van der Waals surface area contributed by atoms with Gasteiger partial charge in [-0.05, 0) is 65.9 Å². The normalized spacial score (nSPS) is 14.3. The molecule has 1 aromatic heterocycles. The number of rotatable bonds is 3. The van der Waals surface area contributed by atoms with Crippen LogP contribution in [0.25, 0.3) is 0 Å². The zero-order valence-electron chi connectivity index (χ0n) is 14.5. The summed E-state index contributed by atoms with van der Waals surface area (Å²) in [7, 11) is 0. The van der Waals surface area contributed by atoms with E-state index in [1.807, 2.05) is 34.6 Å². The fourth-order valence-electron chi connectivity index (χ4n) is 2.60. The van der Waals surface area contributed by atoms with E-state index in [-0.39, 0.29) is 18.0 Å².